The molecule has 5 nitrogen and oxygen atoms in total. The third-order valence-corrected chi connectivity index (χ3v) is 2.31. The highest BCUT2D eigenvalue weighted by atomic mass is 19.4. The Hall–Kier alpha value is -2.09. The van der Waals surface area contributed by atoms with E-state index >= 15 is 0 Å². The van der Waals surface area contributed by atoms with E-state index in [4.69, 9.17) is 5.73 Å². The fourth-order valence-corrected chi connectivity index (χ4v) is 1.37. The summed E-state index contributed by atoms with van der Waals surface area (Å²) in [6.45, 7) is 0.333. The molecule has 0 atom stereocenters. The molecule has 0 saturated carbocycles. The van der Waals surface area contributed by atoms with Crippen LogP contribution < -0.4 is 16.4 Å². The third kappa shape index (κ3) is 4.88. The van der Waals surface area contributed by atoms with E-state index in [0.29, 0.717) is 13.0 Å². The number of halogens is 3. The molecule has 20 heavy (non-hydrogen) atoms. The Balaban J connectivity index is 2.78. The van der Waals surface area contributed by atoms with E-state index in [1.807, 2.05) is 0 Å². The minimum Gasteiger partial charge on any atom is -0.330 e. The Morgan fingerprint density at radius 3 is 2.15 bits per heavy atom. The molecule has 0 spiro atoms. The highest BCUT2D eigenvalue weighted by Crippen LogP contribution is 2.24. The Morgan fingerprint density at radius 1 is 1.10 bits per heavy atom. The van der Waals surface area contributed by atoms with Crippen LogP contribution in [-0.4, -0.2) is 24.5 Å². The van der Waals surface area contributed by atoms with E-state index in [1.54, 1.807) is 5.32 Å². The molecule has 0 unspecified atom stereocenters. The second kappa shape index (κ2) is 6.90. The van der Waals surface area contributed by atoms with Crippen molar-refractivity contribution in [3.63, 3.8) is 0 Å². The number of benzene rings is 1. The molecule has 1 aromatic rings. The number of nitrogens with two attached hydrogens (primary N) is 1. The van der Waals surface area contributed by atoms with Gasteiger partial charge in [0.2, 0.25) is 5.91 Å². The fourth-order valence-electron chi connectivity index (χ4n) is 1.37. The zero-order chi connectivity index (χ0) is 15.2. The van der Waals surface area contributed by atoms with Gasteiger partial charge in [0.25, 0.3) is 0 Å². The number of nitrogens with one attached hydrogen (secondary N) is 2. The number of anilines is 2. The van der Waals surface area contributed by atoms with Gasteiger partial charge in [-0.15, -0.1) is 0 Å². The predicted molar refractivity (Wildman–Crippen MR) is 68.0 cm³/mol. The maximum Gasteiger partial charge on any atom is 0.471 e. The van der Waals surface area contributed by atoms with Crippen LogP contribution in [0.2, 0.25) is 0 Å². The van der Waals surface area contributed by atoms with Crippen LogP contribution in [0.4, 0.5) is 24.5 Å². The zero-order valence-corrected chi connectivity index (χ0v) is 10.5. The largest absolute Gasteiger partial charge is 0.471 e. The number of carbonyl (C=O) groups is 2. The number of amides is 2. The number of hydrogen-bond acceptors (Lipinski definition) is 3. The Bertz CT molecular complexity index is 489. The van der Waals surface area contributed by atoms with Gasteiger partial charge in [0, 0.05) is 6.42 Å². The molecule has 0 aromatic heterocycles. The van der Waals surface area contributed by atoms with Crippen molar-refractivity contribution in [2.45, 2.75) is 19.0 Å². The highest BCUT2D eigenvalue weighted by molar-refractivity contribution is 6.01. The molecule has 110 valence electrons. The Kier molecular flexibility index (Phi) is 5.51. The molecular formula is C12H14F3N3O2. The summed E-state index contributed by atoms with van der Waals surface area (Å²) in [4.78, 5) is 22.4. The summed E-state index contributed by atoms with van der Waals surface area (Å²) in [7, 11) is 0. The molecule has 0 heterocycles. The molecule has 0 aliphatic carbocycles. The molecule has 1 rings (SSSR count). The Morgan fingerprint density at radius 2 is 1.65 bits per heavy atom. The lowest BCUT2D eigenvalue weighted by atomic mass is 10.2. The van der Waals surface area contributed by atoms with Crippen molar-refractivity contribution < 1.29 is 22.8 Å². The minimum atomic E-state index is -4.99. The summed E-state index contributed by atoms with van der Waals surface area (Å²) in [5.41, 5.74) is 5.24. The van der Waals surface area contributed by atoms with Crippen molar-refractivity contribution in [1.82, 2.24) is 0 Å². The summed E-state index contributed by atoms with van der Waals surface area (Å²) in [5.74, 6) is -2.48. The van der Waals surface area contributed by atoms with Crippen LogP contribution in [0.5, 0.6) is 0 Å². The van der Waals surface area contributed by atoms with Crippen LogP contribution in [-0.2, 0) is 9.59 Å². The molecule has 0 bridgehead atoms. The van der Waals surface area contributed by atoms with Gasteiger partial charge in [-0.1, -0.05) is 12.1 Å². The monoisotopic (exact) mass is 289 g/mol. The normalized spacial score (nSPS) is 11.0. The highest BCUT2D eigenvalue weighted by Gasteiger charge is 2.38. The average Bonchev–Trinajstić information content (AvgIpc) is 2.37. The topological polar surface area (TPSA) is 84.2 Å². The van der Waals surface area contributed by atoms with Gasteiger partial charge in [0.15, 0.2) is 0 Å². The van der Waals surface area contributed by atoms with Crippen LogP contribution in [0.15, 0.2) is 24.3 Å². The van der Waals surface area contributed by atoms with Crippen LogP contribution in [0.1, 0.15) is 12.8 Å². The second-order valence-corrected chi connectivity index (χ2v) is 3.94. The van der Waals surface area contributed by atoms with Gasteiger partial charge < -0.3 is 16.4 Å². The van der Waals surface area contributed by atoms with Crippen molar-refractivity contribution in [1.29, 1.82) is 0 Å². The van der Waals surface area contributed by atoms with Crippen LogP contribution >= 0.6 is 0 Å². The second-order valence-electron chi connectivity index (χ2n) is 3.94. The number of alkyl halides is 3. The quantitative estimate of drug-likeness (QED) is 0.773. The van der Waals surface area contributed by atoms with Gasteiger partial charge in [-0.25, -0.2) is 0 Å². The predicted octanol–water partition coefficient (Wildman–Crippen LogP) is 1.86. The van der Waals surface area contributed by atoms with Crippen LogP contribution in [0.25, 0.3) is 0 Å². The van der Waals surface area contributed by atoms with Crippen molar-refractivity contribution in [2.24, 2.45) is 5.73 Å². The summed E-state index contributed by atoms with van der Waals surface area (Å²) in [6.07, 6.45) is -4.38. The summed E-state index contributed by atoms with van der Waals surface area (Å²) < 4.78 is 36.5. The van der Waals surface area contributed by atoms with E-state index in [1.165, 1.54) is 24.3 Å². The maximum absolute atomic E-state index is 12.2. The first-order valence-corrected chi connectivity index (χ1v) is 5.81. The summed E-state index contributed by atoms with van der Waals surface area (Å²) >= 11 is 0. The summed E-state index contributed by atoms with van der Waals surface area (Å²) in [5, 5.41) is 4.13. The fraction of sp³-hybridized carbons (Fsp3) is 0.333. The lowest BCUT2D eigenvalue weighted by Crippen LogP contribution is -2.30. The smallest absolute Gasteiger partial charge is 0.330 e. The first-order valence-electron chi connectivity index (χ1n) is 5.81. The molecule has 4 N–H and O–H groups in total. The first kappa shape index (κ1) is 16.0. The molecule has 1 aromatic carbocycles. The summed E-state index contributed by atoms with van der Waals surface area (Å²) in [6, 6.07) is 5.64. The number of hydrogen-bond donors (Lipinski definition) is 3. The van der Waals surface area contributed by atoms with Crippen molar-refractivity contribution in [3.05, 3.63) is 24.3 Å². The van der Waals surface area contributed by atoms with Gasteiger partial charge in [0.05, 0.1) is 11.4 Å². The van der Waals surface area contributed by atoms with Gasteiger partial charge in [0.1, 0.15) is 0 Å². The molecule has 0 saturated heterocycles. The lowest BCUT2D eigenvalue weighted by molar-refractivity contribution is -0.167. The number of para-hydroxylation sites is 2. The van der Waals surface area contributed by atoms with E-state index in [-0.39, 0.29) is 23.7 Å². The van der Waals surface area contributed by atoms with Crippen LogP contribution in [0.3, 0.4) is 0 Å². The maximum atomic E-state index is 12.2. The molecular weight excluding hydrogens is 275 g/mol. The zero-order valence-electron chi connectivity index (χ0n) is 10.5. The molecule has 0 aliphatic heterocycles. The average molecular weight is 289 g/mol. The van der Waals surface area contributed by atoms with Crippen molar-refractivity contribution in [3.8, 4) is 0 Å². The first-order chi connectivity index (χ1) is 9.34. The molecule has 0 radical (unpaired) electrons. The van der Waals surface area contributed by atoms with Crippen LogP contribution in [0, 0.1) is 0 Å². The molecule has 0 aliphatic rings. The lowest BCUT2D eigenvalue weighted by Gasteiger charge is -2.13. The minimum absolute atomic E-state index is 0.104. The van der Waals surface area contributed by atoms with E-state index in [2.05, 4.69) is 5.32 Å². The molecule has 2 amide bonds. The van der Waals surface area contributed by atoms with Crippen molar-refractivity contribution >= 4 is 23.2 Å². The standard InChI is InChI=1S/C12H14F3N3O2/c13-12(14,15)11(20)18-9-5-2-1-4-8(9)17-10(19)6-3-7-16/h1-2,4-5H,3,6-7,16H2,(H,17,19)(H,18,20). The number of rotatable bonds is 5. The molecule has 8 heteroatoms. The van der Waals surface area contributed by atoms with Crippen molar-refractivity contribution in [2.75, 3.05) is 17.2 Å². The van der Waals surface area contributed by atoms with Gasteiger partial charge in [-0.05, 0) is 25.1 Å². The SMILES string of the molecule is NCCCC(=O)Nc1ccccc1NC(=O)C(F)(F)F. The van der Waals surface area contributed by atoms with E-state index in [9.17, 15) is 22.8 Å². The van der Waals surface area contributed by atoms with Gasteiger partial charge >= 0.3 is 12.1 Å². The molecule has 0 fully saturated rings. The third-order valence-electron chi connectivity index (χ3n) is 2.31. The van der Waals surface area contributed by atoms with Gasteiger partial charge in [-0.2, -0.15) is 13.2 Å². The van der Waals surface area contributed by atoms with E-state index in [0.717, 1.165) is 0 Å². The van der Waals surface area contributed by atoms with Gasteiger partial charge in [-0.3, -0.25) is 9.59 Å². The number of carbonyl (C=O) groups excluding carboxylic acids is 2. The van der Waals surface area contributed by atoms with E-state index < -0.39 is 12.1 Å². The Labute approximate surface area is 113 Å².